The number of hydrogen-bond acceptors (Lipinski definition) is 5. The van der Waals surface area contributed by atoms with Crippen LogP contribution in [0.4, 0.5) is 4.79 Å². The van der Waals surface area contributed by atoms with E-state index in [1.54, 1.807) is 13.0 Å². The Labute approximate surface area is 169 Å². The third kappa shape index (κ3) is 5.28. The molecule has 0 spiro atoms. The first kappa shape index (κ1) is 20.3. The van der Waals surface area contributed by atoms with Crippen molar-refractivity contribution in [2.45, 2.75) is 19.9 Å². The molecular formula is C22H24N2O5. The van der Waals surface area contributed by atoms with Crippen molar-refractivity contribution in [3.63, 3.8) is 0 Å². The molecule has 2 aromatic carbocycles. The van der Waals surface area contributed by atoms with Gasteiger partial charge < -0.3 is 24.8 Å². The lowest BCUT2D eigenvalue weighted by Gasteiger charge is -2.28. The summed E-state index contributed by atoms with van der Waals surface area (Å²) in [4.78, 5) is 24.8. The Morgan fingerprint density at radius 1 is 1.00 bits per heavy atom. The first-order valence-corrected chi connectivity index (χ1v) is 9.44. The number of amides is 2. The molecule has 7 heteroatoms. The maximum Gasteiger partial charge on any atom is 0.338 e. The van der Waals surface area contributed by atoms with E-state index < -0.39 is 12.0 Å². The lowest BCUT2D eigenvalue weighted by Crippen LogP contribution is -2.45. The quantitative estimate of drug-likeness (QED) is 0.528. The summed E-state index contributed by atoms with van der Waals surface area (Å²) in [5.41, 5.74) is 1.53. The number of carbonyl (C=O) groups excluding carboxylic acids is 2. The minimum atomic E-state index is -0.633. The molecule has 2 N–H and O–H groups in total. The van der Waals surface area contributed by atoms with Gasteiger partial charge in [0.1, 0.15) is 24.7 Å². The van der Waals surface area contributed by atoms with Gasteiger partial charge in [-0.1, -0.05) is 30.3 Å². The fraction of sp³-hybridized carbons (Fsp3) is 0.273. The number of hydrogen-bond donors (Lipinski definition) is 2. The minimum absolute atomic E-state index is 0.0875. The topological polar surface area (TPSA) is 85.9 Å². The van der Waals surface area contributed by atoms with Crippen molar-refractivity contribution in [3.8, 4) is 11.5 Å². The number of esters is 1. The number of urea groups is 1. The maximum absolute atomic E-state index is 12.8. The van der Waals surface area contributed by atoms with Crippen molar-refractivity contribution in [1.29, 1.82) is 0 Å². The summed E-state index contributed by atoms with van der Waals surface area (Å²) in [6.45, 7) is 4.41. The van der Waals surface area contributed by atoms with Crippen molar-refractivity contribution in [2.75, 3.05) is 19.8 Å². The highest BCUT2D eigenvalue weighted by molar-refractivity contribution is 5.95. The molecule has 0 aromatic heterocycles. The van der Waals surface area contributed by atoms with Gasteiger partial charge >= 0.3 is 12.0 Å². The molecular weight excluding hydrogens is 372 g/mol. The maximum atomic E-state index is 12.8. The molecule has 29 heavy (non-hydrogen) atoms. The molecule has 0 aliphatic carbocycles. The molecule has 1 aliphatic rings. The number of carbonyl (C=O) groups is 2. The molecule has 2 aromatic rings. The summed E-state index contributed by atoms with van der Waals surface area (Å²) >= 11 is 0. The van der Waals surface area contributed by atoms with Crippen molar-refractivity contribution in [1.82, 2.24) is 10.6 Å². The smallest absolute Gasteiger partial charge is 0.338 e. The van der Waals surface area contributed by atoms with E-state index in [0.29, 0.717) is 29.4 Å². The predicted molar refractivity (Wildman–Crippen MR) is 108 cm³/mol. The highest BCUT2D eigenvalue weighted by Crippen LogP contribution is 2.29. The summed E-state index contributed by atoms with van der Waals surface area (Å²) in [6.07, 6.45) is 0. The van der Waals surface area contributed by atoms with E-state index in [1.807, 2.05) is 55.5 Å². The van der Waals surface area contributed by atoms with Gasteiger partial charge in [0.2, 0.25) is 0 Å². The van der Waals surface area contributed by atoms with Gasteiger partial charge in [-0.2, -0.15) is 0 Å². The zero-order chi connectivity index (χ0) is 20.6. The van der Waals surface area contributed by atoms with Crippen LogP contribution in [0.25, 0.3) is 0 Å². The van der Waals surface area contributed by atoms with E-state index in [0.717, 1.165) is 5.56 Å². The fourth-order valence-electron chi connectivity index (χ4n) is 3.05. The minimum Gasteiger partial charge on any atom is -0.494 e. The molecule has 152 valence electrons. The average molecular weight is 396 g/mol. The van der Waals surface area contributed by atoms with Crippen LogP contribution in [0.5, 0.6) is 11.5 Å². The highest BCUT2D eigenvalue weighted by atomic mass is 16.6. The van der Waals surface area contributed by atoms with Gasteiger partial charge in [0.25, 0.3) is 0 Å². The third-order valence-electron chi connectivity index (χ3n) is 4.32. The van der Waals surface area contributed by atoms with Crippen LogP contribution in [-0.2, 0) is 9.53 Å². The molecule has 0 saturated carbocycles. The summed E-state index contributed by atoms with van der Waals surface area (Å²) in [5, 5.41) is 5.42. The standard InChI is InChI=1S/C22H24N2O5/c1-3-27-18-11-7-8-16(14-18)20-19(15(2)23-22(26)24-20)21(25)29-13-12-28-17-9-5-4-6-10-17/h4-11,14,20H,3,12-13H2,1-2H3,(H2,23,24,26). The van der Waals surface area contributed by atoms with E-state index in [4.69, 9.17) is 14.2 Å². The zero-order valence-electron chi connectivity index (χ0n) is 16.4. The number of ether oxygens (including phenoxy) is 3. The molecule has 0 saturated heterocycles. The van der Waals surface area contributed by atoms with Crippen LogP contribution in [0, 0.1) is 0 Å². The molecule has 7 nitrogen and oxygen atoms in total. The number of para-hydroxylation sites is 1. The van der Waals surface area contributed by atoms with Crippen LogP contribution in [0.3, 0.4) is 0 Å². The van der Waals surface area contributed by atoms with Gasteiger partial charge in [0.05, 0.1) is 18.2 Å². The molecule has 1 heterocycles. The van der Waals surface area contributed by atoms with Gasteiger partial charge in [-0.15, -0.1) is 0 Å². The van der Waals surface area contributed by atoms with Crippen LogP contribution < -0.4 is 20.1 Å². The Morgan fingerprint density at radius 2 is 1.76 bits per heavy atom. The summed E-state index contributed by atoms with van der Waals surface area (Å²) in [6, 6.07) is 15.6. The largest absolute Gasteiger partial charge is 0.494 e. The third-order valence-corrected chi connectivity index (χ3v) is 4.32. The van der Waals surface area contributed by atoms with Gasteiger partial charge in [-0.25, -0.2) is 9.59 Å². The van der Waals surface area contributed by atoms with Crippen molar-refractivity contribution in [3.05, 3.63) is 71.4 Å². The second kappa shape index (κ2) is 9.64. The number of rotatable bonds is 8. The van der Waals surface area contributed by atoms with Crippen molar-refractivity contribution >= 4 is 12.0 Å². The molecule has 0 bridgehead atoms. The van der Waals surface area contributed by atoms with Gasteiger partial charge in [-0.05, 0) is 43.7 Å². The monoisotopic (exact) mass is 396 g/mol. The SMILES string of the molecule is CCOc1cccc(C2NC(=O)NC(C)=C2C(=O)OCCOc2ccccc2)c1. The Balaban J connectivity index is 1.70. The lowest BCUT2D eigenvalue weighted by atomic mass is 9.95. The molecule has 0 fully saturated rings. The first-order valence-electron chi connectivity index (χ1n) is 9.44. The van der Waals surface area contributed by atoms with Crippen molar-refractivity contribution < 1.29 is 23.8 Å². The van der Waals surface area contributed by atoms with Gasteiger partial charge in [0, 0.05) is 5.70 Å². The van der Waals surface area contributed by atoms with Crippen LogP contribution in [0.2, 0.25) is 0 Å². The molecule has 1 unspecified atom stereocenters. The van der Waals surface area contributed by atoms with Crippen LogP contribution in [0.15, 0.2) is 65.9 Å². The van der Waals surface area contributed by atoms with Gasteiger partial charge in [0.15, 0.2) is 0 Å². The Hall–Kier alpha value is -3.48. The van der Waals surface area contributed by atoms with E-state index in [2.05, 4.69) is 10.6 Å². The Kier molecular flexibility index (Phi) is 6.73. The van der Waals surface area contributed by atoms with E-state index in [1.165, 1.54) is 0 Å². The normalized spacial score (nSPS) is 15.9. The lowest BCUT2D eigenvalue weighted by molar-refractivity contribution is -0.140. The molecule has 1 atom stereocenters. The van der Waals surface area contributed by atoms with Gasteiger partial charge in [-0.3, -0.25) is 0 Å². The second-order valence-electron chi connectivity index (χ2n) is 6.37. The Morgan fingerprint density at radius 3 is 2.52 bits per heavy atom. The molecule has 0 radical (unpaired) electrons. The fourth-order valence-corrected chi connectivity index (χ4v) is 3.05. The van der Waals surface area contributed by atoms with E-state index >= 15 is 0 Å². The zero-order valence-corrected chi connectivity index (χ0v) is 16.4. The second-order valence-corrected chi connectivity index (χ2v) is 6.37. The van der Waals surface area contributed by atoms with E-state index in [9.17, 15) is 9.59 Å². The van der Waals surface area contributed by atoms with E-state index in [-0.39, 0.29) is 19.2 Å². The number of benzene rings is 2. The number of allylic oxidation sites excluding steroid dienone is 1. The van der Waals surface area contributed by atoms with Crippen LogP contribution >= 0.6 is 0 Å². The highest BCUT2D eigenvalue weighted by Gasteiger charge is 2.32. The average Bonchev–Trinajstić information content (AvgIpc) is 2.72. The summed E-state index contributed by atoms with van der Waals surface area (Å²) in [7, 11) is 0. The summed E-state index contributed by atoms with van der Waals surface area (Å²) in [5.74, 6) is 0.856. The number of nitrogens with one attached hydrogen (secondary N) is 2. The Bertz CT molecular complexity index is 895. The van der Waals surface area contributed by atoms with Crippen LogP contribution in [0.1, 0.15) is 25.5 Å². The predicted octanol–water partition coefficient (Wildman–Crippen LogP) is 3.34. The molecule has 3 rings (SSSR count). The molecule has 1 aliphatic heterocycles. The van der Waals surface area contributed by atoms with Crippen LogP contribution in [-0.4, -0.2) is 31.8 Å². The van der Waals surface area contributed by atoms with Crippen molar-refractivity contribution in [2.24, 2.45) is 0 Å². The summed E-state index contributed by atoms with van der Waals surface area (Å²) < 4.78 is 16.5. The molecule has 2 amide bonds. The first-order chi connectivity index (χ1) is 14.1.